The lowest BCUT2D eigenvalue weighted by atomic mass is 9.98. The van der Waals surface area contributed by atoms with Gasteiger partial charge in [-0.25, -0.2) is 0 Å². The standard InChI is InChI=1S/C16H24N2/c1-6-16(18(12(2)3)13(4)5)15-9-7-8-14(10-15)11-17/h7-10,12-13,16H,6H2,1-5H3. The van der Waals surface area contributed by atoms with Crippen LogP contribution in [0.15, 0.2) is 24.3 Å². The molecule has 1 unspecified atom stereocenters. The summed E-state index contributed by atoms with van der Waals surface area (Å²) in [6.45, 7) is 11.1. The van der Waals surface area contributed by atoms with E-state index in [9.17, 15) is 0 Å². The molecule has 2 nitrogen and oxygen atoms in total. The summed E-state index contributed by atoms with van der Waals surface area (Å²) in [4.78, 5) is 2.51. The van der Waals surface area contributed by atoms with Crippen LogP contribution in [0, 0.1) is 11.3 Å². The number of hydrogen-bond donors (Lipinski definition) is 0. The van der Waals surface area contributed by atoms with Gasteiger partial charge in [0, 0.05) is 18.1 Å². The summed E-state index contributed by atoms with van der Waals surface area (Å²) in [5.41, 5.74) is 2.00. The number of nitrogens with zero attached hydrogens (tertiary/aromatic N) is 2. The molecule has 2 heteroatoms. The van der Waals surface area contributed by atoms with E-state index in [4.69, 9.17) is 5.26 Å². The van der Waals surface area contributed by atoms with E-state index in [0.717, 1.165) is 12.0 Å². The van der Waals surface area contributed by atoms with Crippen LogP contribution in [0.4, 0.5) is 0 Å². The van der Waals surface area contributed by atoms with E-state index in [1.807, 2.05) is 18.2 Å². The zero-order valence-electron chi connectivity index (χ0n) is 12.1. The Bertz CT molecular complexity index is 407. The molecule has 0 bridgehead atoms. The van der Waals surface area contributed by atoms with Crippen molar-refractivity contribution in [2.45, 2.75) is 59.2 Å². The second kappa shape index (κ2) is 6.56. The number of nitriles is 1. The van der Waals surface area contributed by atoms with Gasteiger partial charge in [-0.15, -0.1) is 0 Å². The molecule has 0 heterocycles. The van der Waals surface area contributed by atoms with E-state index in [0.29, 0.717) is 18.1 Å². The SMILES string of the molecule is CCC(c1cccc(C#N)c1)N(C(C)C)C(C)C. The van der Waals surface area contributed by atoms with Crippen LogP contribution in [0.3, 0.4) is 0 Å². The Morgan fingerprint density at radius 1 is 1.17 bits per heavy atom. The molecule has 0 aliphatic carbocycles. The summed E-state index contributed by atoms with van der Waals surface area (Å²) in [6, 6.07) is 11.6. The van der Waals surface area contributed by atoms with Gasteiger partial charge in [-0.3, -0.25) is 4.90 Å². The first-order valence-electron chi connectivity index (χ1n) is 6.78. The van der Waals surface area contributed by atoms with Gasteiger partial charge in [-0.05, 0) is 51.8 Å². The van der Waals surface area contributed by atoms with Crippen LogP contribution >= 0.6 is 0 Å². The first-order valence-corrected chi connectivity index (χ1v) is 6.78. The zero-order chi connectivity index (χ0) is 13.7. The molecule has 0 radical (unpaired) electrons. The highest BCUT2D eigenvalue weighted by molar-refractivity contribution is 5.34. The van der Waals surface area contributed by atoms with E-state index in [2.05, 4.69) is 51.7 Å². The van der Waals surface area contributed by atoms with E-state index in [1.54, 1.807) is 0 Å². The van der Waals surface area contributed by atoms with Crippen molar-refractivity contribution in [1.29, 1.82) is 5.26 Å². The Kier molecular flexibility index (Phi) is 5.37. The monoisotopic (exact) mass is 244 g/mol. The van der Waals surface area contributed by atoms with Gasteiger partial charge in [0.05, 0.1) is 11.6 Å². The van der Waals surface area contributed by atoms with Crippen LogP contribution in [0.25, 0.3) is 0 Å². The Hall–Kier alpha value is -1.33. The van der Waals surface area contributed by atoms with Gasteiger partial charge in [0.15, 0.2) is 0 Å². The average molecular weight is 244 g/mol. The molecule has 1 rings (SSSR count). The lowest BCUT2D eigenvalue weighted by Gasteiger charge is -2.38. The van der Waals surface area contributed by atoms with E-state index in [1.165, 1.54) is 5.56 Å². The Morgan fingerprint density at radius 2 is 1.78 bits per heavy atom. The number of hydrogen-bond acceptors (Lipinski definition) is 2. The highest BCUT2D eigenvalue weighted by atomic mass is 15.2. The van der Waals surface area contributed by atoms with E-state index in [-0.39, 0.29) is 0 Å². The van der Waals surface area contributed by atoms with Gasteiger partial charge in [0.1, 0.15) is 0 Å². The van der Waals surface area contributed by atoms with Crippen LogP contribution in [0.5, 0.6) is 0 Å². The molecule has 1 aromatic carbocycles. The van der Waals surface area contributed by atoms with Crippen molar-refractivity contribution in [2.75, 3.05) is 0 Å². The zero-order valence-corrected chi connectivity index (χ0v) is 12.1. The maximum Gasteiger partial charge on any atom is 0.0991 e. The third-order valence-electron chi connectivity index (χ3n) is 3.34. The molecule has 1 atom stereocenters. The quantitative estimate of drug-likeness (QED) is 0.778. The fourth-order valence-corrected chi connectivity index (χ4v) is 2.75. The predicted octanol–water partition coefficient (Wildman–Crippen LogP) is 4.13. The second-order valence-corrected chi connectivity index (χ2v) is 5.30. The molecule has 0 spiro atoms. The fraction of sp³-hybridized carbons (Fsp3) is 0.562. The van der Waals surface area contributed by atoms with Crippen molar-refractivity contribution in [3.8, 4) is 6.07 Å². The van der Waals surface area contributed by atoms with Gasteiger partial charge < -0.3 is 0 Å². The molecular formula is C16H24N2. The topological polar surface area (TPSA) is 27.0 Å². The lowest BCUT2D eigenvalue weighted by Crippen LogP contribution is -2.40. The highest BCUT2D eigenvalue weighted by Gasteiger charge is 2.23. The van der Waals surface area contributed by atoms with Gasteiger partial charge in [0.25, 0.3) is 0 Å². The average Bonchev–Trinajstić information content (AvgIpc) is 2.34. The smallest absolute Gasteiger partial charge is 0.0991 e. The van der Waals surface area contributed by atoms with Crippen LogP contribution in [0.1, 0.15) is 58.2 Å². The molecule has 0 saturated carbocycles. The van der Waals surface area contributed by atoms with Crippen molar-refractivity contribution in [3.63, 3.8) is 0 Å². The van der Waals surface area contributed by atoms with Gasteiger partial charge in [-0.1, -0.05) is 19.1 Å². The van der Waals surface area contributed by atoms with Crippen LogP contribution in [-0.2, 0) is 0 Å². The van der Waals surface area contributed by atoms with Crippen molar-refractivity contribution in [2.24, 2.45) is 0 Å². The van der Waals surface area contributed by atoms with Gasteiger partial charge >= 0.3 is 0 Å². The molecule has 0 fully saturated rings. The molecule has 0 amide bonds. The summed E-state index contributed by atoms with van der Waals surface area (Å²) in [6.07, 6.45) is 1.06. The Balaban J connectivity index is 3.11. The fourth-order valence-electron chi connectivity index (χ4n) is 2.75. The van der Waals surface area contributed by atoms with Crippen LogP contribution in [-0.4, -0.2) is 17.0 Å². The molecule has 18 heavy (non-hydrogen) atoms. The van der Waals surface area contributed by atoms with Crippen LogP contribution in [0.2, 0.25) is 0 Å². The maximum absolute atomic E-state index is 9.01. The Labute approximate surface area is 111 Å². The van der Waals surface area contributed by atoms with Crippen molar-refractivity contribution < 1.29 is 0 Å². The first kappa shape index (κ1) is 14.7. The minimum absolute atomic E-state index is 0.387. The largest absolute Gasteiger partial charge is 0.292 e. The van der Waals surface area contributed by atoms with Crippen molar-refractivity contribution >= 4 is 0 Å². The summed E-state index contributed by atoms with van der Waals surface area (Å²) in [7, 11) is 0. The molecule has 0 aliphatic rings. The molecule has 1 aromatic rings. The minimum Gasteiger partial charge on any atom is -0.292 e. The molecule has 0 saturated heterocycles. The highest BCUT2D eigenvalue weighted by Crippen LogP contribution is 2.28. The normalized spacial score (nSPS) is 13.1. The summed E-state index contributed by atoms with van der Waals surface area (Å²) < 4.78 is 0. The van der Waals surface area contributed by atoms with Crippen molar-refractivity contribution in [3.05, 3.63) is 35.4 Å². The molecular weight excluding hydrogens is 220 g/mol. The third kappa shape index (κ3) is 3.34. The van der Waals surface area contributed by atoms with E-state index < -0.39 is 0 Å². The molecule has 98 valence electrons. The predicted molar refractivity (Wildman–Crippen MR) is 76.3 cm³/mol. The lowest BCUT2D eigenvalue weighted by molar-refractivity contribution is 0.109. The summed E-state index contributed by atoms with van der Waals surface area (Å²) in [5, 5.41) is 9.01. The minimum atomic E-state index is 0.387. The number of rotatable bonds is 5. The second-order valence-electron chi connectivity index (χ2n) is 5.30. The maximum atomic E-state index is 9.01. The summed E-state index contributed by atoms with van der Waals surface area (Å²) in [5.74, 6) is 0. The summed E-state index contributed by atoms with van der Waals surface area (Å²) >= 11 is 0. The van der Waals surface area contributed by atoms with Gasteiger partial charge in [0.2, 0.25) is 0 Å². The van der Waals surface area contributed by atoms with Crippen molar-refractivity contribution in [1.82, 2.24) is 4.90 Å². The number of benzene rings is 1. The molecule has 0 aliphatic heterocycles. The Morgan fingerprint density at radius 3 is 2.22 bits per heavy atom. The molecule has 0 aromatic heterocycles. The third-order valence-corrected chi connectivity index (χ3v) is 3.34. The first-order chi connectivity index (χ1) is 8.51. The van der Waals surface area contributed by atoms with Gasteiger partial charge in [-0.2, -0.15) is 5.26 Å². The van der Waals surface area contributed by atoms with E-state index >= 15 is 0 Å². The van der Waals surface area contributed by atoms with Crippen LogP contribution < -0.4 is 0 Å². The molecule has 0 N–H and O–H groups in total.